The number of rotatable bonds is 4. The molecule has 4 nitrogen and oxygen atoms in total. The predicted octanol–water partition coefficient (Wildman–Crippen LogP) is 2.11. The molecule has 2 heterocycles. The SMILES string of the molecule is CCNCc1ccncc1N1CCN(C(C)(C)C)CC1. The van der Waals surface area contributed by atoms with E-state index in [1.54, 1.807) is 0 Å². The van der Waals surface area contributed by atoms with Gasteiger partial charge in [-0.05, 0) is 38.9 Å². The third-order valence-electron chi connectivity index (χ3n) is 4.02. The standard InChI is InChI=1S/C16H28N4/c1-5-17-12-14-6-7-18-13-15(14)19-8-10-20(11-9-19)16(2,3)4/h6-7,13,17H,5,8-12H2,1-4H3. The minimum absolute atomic E-state index is 0.271. The van der Waals surface area contributed by atoms with Gasteiger partial charge in [0.05, 0.1) is 11.9 Å². The summed E-state index contributed by atoms with van der Waals surface area (Å²) < 4.78 is 0. The van der Waals surface area contributed by atoms with Gasteiger partial charge in [-0.3, -0.25) is 9.88 Å². The Bertz CT molecular complexity index is 417. The van der Waals surface area contributed by atoms with E-state index in [2.05, 4.69) is 53.9 Å². The van der Waals surface area contributed by atoms with Gasteiger partial charge in [-0.25, -0.2) is 0 Å². The van der Waals surface area contributed by atoms with Crippen molar-refractivity contribution in [2.45, 2.75) is 39.8 Å². The summed E-state index contributed by atoms with van der Waals surface area (Å²) in [6.45, 7) is 15.4. The summed E-state index contributed by atoms with van der Waals surface area (Å²) in [7, 11) is 0. The molecule has 0 aromatic carbocycles. The van der Waals surface area contributed by atoms with Crippen LogP contribution in [0.4, 0.5) is 5.69 Å². The van der Waals surface area contributed by atoms with Crippen molar-refractivity contribution in [3.63, 3.8) is 0 Å². The van der Waals surface area contributed by atoms with Gasteiger partial charge in [0.25, 0.3) is 0 Å². The number of hydrogen-bond donors (Lipinski definition) is 1. The minimum atomic E-state index is 0.271. The lowest BCUT2D eigenvalue weighted by Crippen LogP contribution is -2.53. The Morgan fingerprint density at radius 2 is 1.90 bits per heavy atom. The lowest BCUT2D eigenvalue weighted by molar-refractivity contribution is 0.128. The third-order valence-corrected chi connectivity index (χ3v) is 4.02. The van der Waals surface area contributed by atoms with Crippen LogP contribution >= 0.6 is 0 Å². The summed E-state index contributed by atoms with van der Waals surface area (Å²) in [5, 5.41) is 3.41. The highest BCUT2D eigenvalue weighted by molar-refractivity contribution is 5.52. The van der Waals surface area contributed by atoms with Gasteiger partial charge < -0.3 is 10.2 Å². The molecule has 2 rings (SSSR count). The Hall–Kier alpha value is -1.13. The maximum absolute atomic E-state index is 4.31. The molecule has 0 bridgehead atoms. The first-order valence-electron chi connectivity index (χ1n) is 7.66. The van der Waals surface area contributed by atoms with Crippen molar-refractivity contribution < 1.29 is 0 Å². The Morgan fingerprint density at radius 3 is 2.50 bits per heavy atom. The molecule has 1 aromatic rings. The van der Waals surface area contributed by atoms with Gasteiger partial charge >= 0.3 is 0 Å². The van der Waals surface area contributed by atoms with E-state index in [-0.39, 0.29) is 5.54 Å². The molecule has 1 aliphatic heterocycles. The first-order chi connectivity index (χ1) is 9.52. The highest BCUT2D eigenvalue weighted by Gasteiger charge is 2.26. The Labute approximate surface area is 123 Å². The molecule has 0 aliphatic carbocycles. The van der Waals surface area contributed by atoms with E-state index in [4.69, 9.17) is 0 Å². The molecule has 0 unspecified atom stereocenters. The molecule has 0 amide bonds. The molecule has 1 aromatic heterocycles. The van der Waals surface area contributed by atoms with E-state index in [0.29, 0.717) is 0 Å². The molecule has 0 spiro atoms. The molecule has 20 heavy (non-hydrogen) atoms. The van der Waals surface area contributed by atoms with Gasteiger partial charge in [0.1, 0.15) is 0 Å². The van der Waals surface area contributed by atoms with Gasteiger partial charge in [0.2, 0.25) is 0 Å². The Kier molecular flexibility index (Phi) is 5.00. The summed E-state index contributed by atoms with van der Waals surface area (Å²) in [5.41, 5.74) is 2.92. The zero-order chi connectivity index (χ0) is 14.6. The molecule has 1 aliphatic rings. The molecule has 1 N–H and O–H groups in total. The van der Waals surface area contributed by atoms with Gasteiger partial charge in [-0.2, -0.15) is 0 Å². The number of nitrogens with one attached hydrogen (secondary N) is 1. The topological polar surface area (TPSA) is 31.4 Å². The molecule has 112 valence electrons. The second-order valence-electron chi connectivity index (χ2n) is 6.43. The van der Waals surface area contributed by atoms with E-state index in [1.165, 1.54) is 11.3 Å². The fourth-order valence-electron chi connectivity index (χ4n) is 2.73. The zero-order valence-corrected chi connectivity index (χ0v) is 13.3. The number of aromatic nitrogens is 1. The molecule has 4 heteroatoms. The fourth-order valence-corrected chi connectivity index (χ4v) is 2.73. The summed E-state index contributed by atoms with van der Waals surface area (Å²) in [6.07, 6.45) is 3.90. The molecule has 0 saturated carbocycles. The first kappa shape index (κ1) is 15.3. The lowest BCUT2D eigenvalue weighted by Gasteiger charge is -2.43. The summed E-state index contributed by atoms with van der Waals surface area (Å²) in [6, 6.07) is 2.13. The van der Waals surface area contributed by atoms with Crippen LogP contribution in [0.3, 0.4) is 0 Å². The summed E-state index contributed by atoms with van der Waals surface area (Å²) in [5.74, 6) is 0. The van der Waals surface area contributed by atoms with Crippen LogP contribution in [0.5, 0.6) is 0 Å². The highest BCUT2D eigenvalue weighted by atomic mass is 15.3. The highest BCUT2D eigenvalue weighted by Crippen LogP contribution is 2.23. The quantitative estimate of drug-likeness (QED) is 0.913. The average molecular weight is 276 g/mol. The van der Waals surface area contributed by atoms with Crippen molar-refractivity contribution >= 4 is 5.69 Å². The van der Waals surface area contributed by atoms with Crippen molar-refractivity contribution in [1.82, 2.24) is 15.2 Å². The zero-order valence-electron chi connectivity index (χ0n) is 13.3. The number of anilines is 1. The molecular weight excluding hydrogens is 248 g/mol. The number of pyridine rings is 1. The van der Waals surface area contributed by atoms with E-state index in [0.717, 1.165) is 39.3 Å². The van der Waals surface area contributed by atoms with E-state index < -0.39 is 0 Å². The molecule has 0 atom stereocenters. The smallest absolute Gasteiger partial charge is 0.0599 e. The van der Waals surface area contributed by atoms with Crippen LogP contribution in [0.15, 0.2) is 18.5 Å². The second kappa shape index (κ2) is 6.55. The molecule has 1 saturated heterocycles. The van der Waals surface area contributed by atoms with Crippen LogP contribution < -0.4 is 10.2 Å². The van der Waals surface area contributed by atoms with E-state index >= 15 is 0 Å². The van der Waals surface area contributed by atoms with Gasteiger partial charge in [-0.15, -0.1) is 0 Å². The normalized spacial score (nSPS) is 17.5. The van der Waals surface area contributed by atoms with Gasteiger partial charge in [0, 0.05) is 44.5 Å². The van der Waals surface area contributed by atoms with Crippen LogP contribution in [-0.4, -0.2) is 48.1 Å². The maximum Gasteiger partial charge on any atom is 0.0599 e. The first-order valence-corrected chi connectivity index (χ1v) is 7.66. The van der Waals surface area contributed by atoms with Crippen molar-refractivity contribution in [2.24, 2.45) is 0 Å². The van der Waals surface area contributed by atoms with Crippen molar-refractivity contribution in [3.8, 4) is 0 Å². The maximum atomic E-state index is 4.31. The van der Waals surface area contributed by atoms with Crippen LogP contribution in [0, 0.1) is 0 Å². The average Bonchev–Trinajstić information content (AvgIpc) is 2.45. The number of hydrogen-bond acceptors (Lipinski definition) is 4. The van der Waals surface area contributed by atoms with Crippen molar-refractivity contribution in [2.75, 3.05) is 37.6 Å². The number of nitrogens with zero attached hydrogens (tertiary/aromatic N) is 3. The third kappa shape index (κ3) is 3.70. The van der Waals surface area contributed by atoms with E-state index in [1.807, 2.05) is 12.4 Å². The summed E-state index contributed by atoms with van der Waals surface area (Å²) >= 11 is 0. The minimum Gasteiger partial charge on any atom is -0.367 e. The number of piperazine rings is 1. The van der Waals surface area contributed by atoms with Gasteiger partial charge in [0.15, 0.2) is 0 Å². The van der Waals surface area contributed by atoms with Crippen molar-refractivity contribution in [3.05, 3.63) is 24.0 Å². The van der Waals surface area contributed by atoms with E-state index in [9.17, 15) is 0 Å². The Morgan fingerprint density at radius 1 is 1.20 bits per heavy atom. The molecular formula is C16H28N4. The predicted molar refractivity (Wildman–Crippen MR) is 85.2 cm³/mol. The van der Waals surface area contributed by atoms with Crippen molar-refractivity contribution in [1.29, 1.82) is 0 Å². The lowest BCUT2D eigenvalue weighted by atomic mass is 10.0. The molecule has 1 fully saturated rings. The Balaban J connectivity index is 2.03. The largest absolute Gasteiger partial charge is 0.367 e. The summed E-state index contributed by atoms with van der Waals surface area (Å²) in [4.78, 5) is 9.35. The molecule has 0 radical (unpaired) electrons. The van der Waals surface area contributed by atoms with Crippen LogP contribution in [0.25, 0.3) is 0 Å². The van der Waals surface area contributed by atoms with Crippen LogP contribution in [0.2, 0.25) is 0 Å². The van der Waals surface area contributed by atoms with Gasteiger partial charge in [-0.1, -0.05) is 6.92 Å². The van der Waals surface area contributed by atoms with Crippen LogP contribution in [0.1, 0.15) is 33.3 Å². The second-order valence-corrected chi connectivity index (χ2v) is 6.43. The van der Waals surface area contributed by atoms with Crippen LogP contribution in [-0.2, 0) is 6.54 Å². The fraction of sp³-hybridized carbons (Fsp3) is 0.688. The monoisotopic (exact) mass is 276 g/mol.